The smallest absolute Gasteiger partial charge is 0.335 e. The largest absolute Gasteiger partial charge is 0.478 e. The molecule has 5 fully saturated rings. The lowest BCUT2D eigenvalue weighted by atomic mass is 9.32. The van der Waals surface area contributed by atoms with Crippen molar-refractivity contribution in [3.63, 3.8) is 0 Å². The van der Waals surface area contributed by atoms with E-state index in [-0.39, 0.29) is 44.5 Å². The second-order valence-electron chi connectivity index (χ2n) is 17.6. The Balaban J connectivity index is 1.14. The predicted octanol–water partition coefficient (Wildman–Crippen LogP) is 8.05. The first-order chi connectivity index (χ1) is 22.1. The van der Waals surface area contributed by atoms with Crippen LogP contribution in [-0.4, -0.2) is 54.9 Å². The molecule has 1 aromatic carbocycles. The zero-order chi connectivity index (χ0) is 33.6. The van der Waals surface area contributed by atoms with Gasteiger partial charge >= 0.3 is 5.97 Å². The summed E-state index contributed by atoms with van der Waals surface area (Å²) >= 11 is 0. The van der Waals surface area contributed by atoms with E-state index in [1.165, 1.54) is 50.5 Å². The first kappa shape index (κ1) is 33.1. The molecule has 7 rings (SSSR count). The monoisotopic (exact) mass is 661 g/mol. The number of benzene rings is 1. The van der Waals surface area contributed by atoms with Crippen molar-refractivity contribution in [1.82, 2.24) is 4.90 Å². The fraction of sp³-hybridized carbons (Fsp3) is 0.700. The van der Waals surface area contributed by atoms with Gasteiger partial charge in [0, 0.05) is 13.1 Å². The molecule has 4 saturated carbocycles. The first-order valence-corrected chi connectivity index (χ1v) is 20.1. The molecule has 8 atom stereocenters. The third kappa shape index (κ3) is 4.94. The molecule has 1 aliphatic heterocycles. The van der Waals surface area contributed by atoms with Crippen molar-refractivity contribution in [2.75, 3.05) is 24.6 Å². The summed E-state index contributed by atoms with van der Waals surface area (Å²) in [4.78, 5) is 26.4. The topological polar surface area (TPSA) is 91.8 Å². The van der Waals surface area contributed by atoms with Crippen LogP contribution in [0.5, 0.6) is 0 Å². The van der Waals surface area contributed by atoms with Crippen molar-refractivity contribution < 1.29 is 23.1 Å². The number of sulfone groups is 1. The normalized spacial score (nSPS) is 42.1. The van der Waals surface area contributed by atoms with E-state index >= 15 is 0 Å². The van der Waals surface area contributed by atoms with E-state index in [9.17, 15) is 23.1 Å². The van der Waals surface area contributed by atoms with Crippen LogP contribution in [-0.2, 0) is 14.6 Å². The van der Waals surface area contributed by atoms with Crippen LogP contribution in [0.1, 0.15) is 115 Å². The Bertz CT molecular complexity index is 1610. The van der Waals surface area contributed by atoms with Crippen LogP contribution in [0.15, 0.2) is 42.5 Å². The van der Waals surface area contributed by atoms with Gasteiger partial charge in [0.1, 0.15) is 0 Å². The number of amides is 1. The summed E-state index contributed by atoms with van der Waals surface area (Å²) in [7, 11) is -3.01. The van der Waals surface area contributed by atoms with Crippen LogP contribution in [0.25, 0.3) is 5.57 Å². The highest BCUT2D eigenvalue weighted by Gasteiger charge is 2.69. The minimum Gasteiger partial charge on any atom is -0.478 e. The first-order valence-electron chi connectivity index (χ1n) is 18.3. The van der Waals surface area contributed by atoms with Crippen molar-refractivity contribution in [1.29, 1.82) is 0 Å². The minimum absolute atomic E-state index is 0.000129. The van der Waals surface area contributed by atoms with E-state index in [1.54, 1.807) is 17.0 Å². The van der Waals surface area contributed by atoms with E-state index in [2.05, 4.69) is 46.8 Å². The summed E-state index contributed by atoms with van der Waals surface area (Å²) in [6.07, 6.45) is 18.7. The number of fused-ring (bicyclic) bond motifs is 7. The number of carboxylic acids is 1. The number of nitrogens with zero attached hydrogens (tertiary/aromatic N) is 1. The molecule has 7 heteroatoms. The molecule has 1 saturated heterocycles. The summed E-state index contributed by atoms with van der Waals surface area (Å²) in [6.45, 7) is 13.4. The lowest BCUT2D eigenvalue weighted by Gasteiger charge is -2.72. The lowest BCUT2D eigenvalue weighted by molar-refractivity contribution is -0.218. The van der Waals surface area contributed by atoms with Crippen LogP contribution < -0.4 is 0 Å². The second kappa shape index (κ2) is 11.1. The lowest BCUT2D eigenvalue weighted by Crippen LogP contribution is -2.64. The minimum atomic E-state index is -3.01. The number of hydrogen-bond acceptors (Lipinski definition) is 4. The van der Waals surface area contributed by atoms with Gasteiger partial charge in [-0.05, 0) is 138 Å². The van der Waals surface area contributed by atoms with Crippen molar-refractivity contribution in [2.45, 2.75) is 98.8 Å². The van der Waals surface area contributed by atoms with E-state index in [4.69, 9.17) is 0 Å². The van der Waals surface area contributed by atoms with Gasteiger partial charge in [0.05, 0.1) is 17.1 Å². The maximum atomic E-state index is 13.2. The average molecular weight is 662 g/mol. The number of carboxylic acid groups (broad SMARTS) is 1. The van der Waals surface area contributed by atoms with Crippen molar-refractivity contribution >= 4 is 27.3 Å². The SMILES string of the molecule is CC1(C)C(c2ccc(C(=O)O)cc2)=CC[C@@]2(C)C1CC[C@]1(C)C2CC[C@@H]2[C@H]3CCC[C@]3(/C=C/C(=O)N3CCS(=O)(=O)CC3)CC[C@]21C. The molecule has 1 amide bonds. The standard InChI is InChI=1S/C40H55NO5S/c1-36(2)29(27-8-10-28(11-9-27)35(43)44)14-18-37(3)32(36)15-19-39(5)33(37)13-12-30-31-7-6-17-40(31,22-21-38(30,39)4)20-16-34(42)41-23-25-47(45,46)26-24-41/h8-11,14,16,20,30-33H,6-7,12-13,15,17-19,21-26H2,1-5H3,(H,43,44)/b20-16+/t30-,31-,32?,33?,37+,38-,39-,40+/m1/s1. The van der Waals surface area contributed by atoms with Crippen LogP contribution >= 0.6 is 0 Å². The van der Waals surface area contributed by atoms with Gasteiger partial charge < -0.3 is 10.0 Å². The van der Waals surface area contributed by atoms with Crippen LogP contribution in [0.4, 0.5) is 0 Å². The van der Waals surface area contributed by atoms with Crippen molar-refractivity contribution in [2.24, 2.45) is 50.7 Å². The van der Waals surface area contributed by atoms with Gasteiger partial charge in [-0.25, -0.2) is 13.2 Å². The van der Waals surface area contributed by atoms with Gasteiger partial charge in [0.2, 0.25) is 5.91 Å². The van der Waals surface area contributed by atoms with Gasteiger partial charge in [-0.1, -0.05) is 65.3 Å². The molecule has 6 aliphatic rings. The maximum Gasteiger partial charge on any atom is 0.335 e. The molecule has 2 unspecified atom stereocenters. The number of aromatic carboxylic acids is 1. The number of rotatable bonds is 4. The summed E-state index contributed by atoms with van der Waals surface area (Å²) < 4.78 is 23.8. The van der Waals surface area contributed by atoms with Crippen molar-refractivity contribution in [3.8, 4) is 0 Å². The molecule has 1 heterocycles. The van der Waals surface area contributed by atoms with Gasteiger partial charge in [-0.2, -0.15) is 0 Å². The summed E-state index contributed by atoms with van der Waals surface area (Å²) in [6, 6.07) is 7.52. The van der Waals surface area contributed by atoms with E-state index < -0.39 is 15.8 Å². The number of carbonyl (C=O) groups excluding carboxylic acids is 1. The van der Waals surface area contributed by atoms with E-state index in [0.717, 1.165) is 24.8 Å². The van der Waals surface area contributed by atoms with Gasteiger partial charge in [-0.3, -0.25) is 4.79 Å². The maximum absolute atomic E-state index is 13.2. The molecule has 0 radical (unpaired) electrons. The highest BCUT2D eigenvalue weighted by Crippen LogP contribution is 2.77. The molecule has 5 aliphatic carbocycles. The van der Waals surface area contributed by atoms with Crippen molar-refractivity contribution in [3.05, 3.63) is 53.6 Å². The molecular formula is C40H55NO5S. The molecule has 256 valence electrons. The second-order valence-corrected chi connectivity index (χ2v) is 19.9. The van der Waals surface area contributed by atoms with E-state index in [1.807, 2.05) is 18.2 Å². The molecule has 0 aromatic heterocycles. The van der Waals surface area contributed by atoms with Crippen LogP contribution in [0.2, 0.25) is 0 Å². The molecule has 0 bridgehead atoms. The Morgan fingerprint density at radius 1 is 0.830 bits per heavy atom. The van der Waals surface area contributed by atoms with Gasteiger partial charge in [0.25, 0.3) is 0 Å². The number of hydrogen-bond donors (Lipinski definition) is 1. The summed E-state index contributed by atoms with van der Waals surface area (Å²) in [5.74, 6) is 1.76. The van der Waals surface area contributed by atoms with Gasteiger partial charge in [0.15, 0.2) is 9.84 Å². The average Bonchev–Trinajstić information content (AvgIpc) is 3.44. The Labute approximate surface area is 282 Å². The number of carbonyl (C=O) groups is 2. The third-order valence-corrected chi connectivity index (χ3v) is 17.3. The summed E-state index contributed by atoms with van der Waals surface area (Å²) in [5.41, 5.74) is 3.71. The Hall–Kier alpha value is -2.41. The fourth-order valence-corrected chi connectivity index (χ4v) is 14.3. The molecule has 1 N–H and O–H groups in total. The molecule has 1 aromatic rings. The Morgan fingerprint density at radius 2 is 1.53 bits per heavy atom. The zero-order valence-electron chi connectivity index (χ0n) is 29.2. The Morgan fingerprint density at radius 3 is 2.21 bits per heavy atom. The number of allylic oxidation sites excluding steroid dienone is 3. The highest BCUT2D eigenvalue weighted by atomic mass is 32.2. The fourth-order valence-electron chi connectivity index (χ4n) is 13.1. The molecule has 47 heavy (non-hydrogen) atoms. The molecule has 6 nitrogen and oxygen atoms in total. The zero-order valence-corrected chi connectivity index (χ0v) is 30.0. The van der Waals surface area contributed by atoms with E-state index in [0.29, 0.717) is 42.3 Å². The third-order valence-electron chi connectivity index (χ3n) is 15.7. The quantitative estimate of drug-likeness (QED) is 0.330. The predicted molar refractivity (Wildman–Crippen MR) is 186 cm³/mol. The van der Waals surface area contributed by atoms with Gasteiger partial charge in [-0.15, -0.1) is 0 Å². The Kier molecular flexibility index (Phi) is 7.78. The van der Waals surface area contributed by atoms with Crippen LogP contribution in [0.3, 0.4) is 0 Å². The van der Waals surface area contributed by atoms with Crippen LogP contribution in [0, 0.1) is 50.7 Å². The molecule has 0 spiro atoms. The summed E-state index contributed by atoms with van der Waals surface area (Å²) in [5, 5.41) is 9.44. The molecular weight excluding hydrogens is 607 g/mol. The highest BCUT2D eigenvalue weighted by molar-refractivity contribution is 7.91.